The summed E-state index contributed by atoms with van der Waals surface area (Å²) in [5.41, 5.74) is 7.10. The molecule has 1 heterocycles. The van der Waals surface area contributed by atoms with E-state index in [-0.39, 0.29) is 11.9 Å². The number of carbonyl (C=O) groups is 1. The molecule has 2 aliphatic rings. The van der Waals surface area contributed by atoms with Gasteiger partial charge in [0.2, 0.25) is 0 Å². The van der Waals surface area contributed by atoms with E-state index in [1.54, 1.807) is 11.8 Å². The molecule has 4 heteroatoms. The first-order valence-corrected chi connectivity index (χ1v) is 8.10. The Kier molecular flexibility index (Phi) is 3.91. The molecule has 0 amide bonds. The number of thioether (sulfide) groups is 1. The van der Waals surface area contributed by atoms with Gasteiger partial charge in [-0.25, -0.2) is 0 Å². The summed E-state index contributed by atoms with van der Waals surface area (Å²) in [6, 6.07) is 9.92. The van der Waals surface area contributed by atoms with Crippen molar-refractivity contribution in [3.05, 3.63) is 59.0 Å². The Bertz CT molecular complexity index is 596. The van der Waals surface area contributed by atoms with Crippen LogP contribution in [0.1, 0.15) is 18.9 Å². The number of allylic oxidation sites excluding steroid dienone is 3. The van der Waals surface area contributed by atoms with Gasteiger partial charge in [-0.05, 0) is 23.8 Å². The van der Waals surface area contributed by atoms with Crippen LogP contribution in [0.5, 0.6) is 0 Å². The van der Waals surface area contributed by atoms with E-state index in [4.69, 9.17) is 10.5 Å². The van der Waals surface area contributed by atoms with Gasteiger partial charge in [-0.1, -0.05) is 48.6 Å². The fourth-order valence-corrected chi connectivity index (χ4v) is 4.66. The van der Waals surface area contributed by atoms with Crippen LogP contribution in [0.15, 0.2) is 53.5 Å². The predicted octanol–water partition coefficient (Wildman–Crippen LogP) is 2.98. The van der Waals surface area contributed by atoms with E-state index in [9.17, 15) is 4.79 Å². The van der Waals surface area contributed by atoms with E-state index in [2.05, 4.69) is 12.2 Å². The van der Waals surface area contributed by atoms with E-state index >= 15 is 0 Å². The van der Waals surface area contributed by atoms with E-state index in [1.165, 1.54) is 4.91 Å². The van der Waals surface area contributed by atoms with Gasteiger partial charge in [-0.15, -0.1) is 11.8 Å². The molecule has 0 bridgehead atoms. The number of benzene rings is 1. The number of esters is 1. The van der Waals surface area contributed by atoms with Crippen LogP contribution < -0.4 is 5.73 Å². The van der Waals surface area contributed by atoms with Gasteiger partial charge >= 0.3 is 5.97 Å². The zero-order valence-corrected chi connectivity index (χ0v) is 12.8. The molecule has 1 aromatic carbocycles. The van der Waals surface area contributed by atoms with Crippen LogP contribution in [0.2, 0.25) is 0 Å². The Hall–Kier alpha value is -1.52. The smallest absolute Gasteiger partial charge is 0.321 e. The number of ether oxygens (including phenoxy) is 1. The number of rotatable bonds is 3. The highest BCUT2D eigenvalue weighted by Crippen LogP contribution is 2.55. The van der Waals surface area contributed by atoms with Gasteiger partial charge in [-0.2, -0.15) is 0 Å². The lowest BCUT2D eigenvalue weighted by Gasteiger charge is -2.35. The molecule has 0 aromatic heterocycles. The number of nitrogens with two attached hydrogens (primary N) is 1. The highest BCUT2D eigenvalue weighted by molar-refractivity contribution is 8.04. The first-order valence-electron chi connectivity index (χ1n) is 7.22. The molecule has 1 aliphatic carbocycles. The zero-order valence-electron chi connectivity index (χ0n) is 12.0. The quantitative estimate of drug-likeness (QED) is 0.872. The van der Waals surface area contributed by atoms with Crippen molar-refractivity contribution < 1.29 is 9.53 Å². The van der Waals surface area contributed by atoms with Gasteiger partial charge in [0.25, 0.3) is 0 Å². The van der Waals surface area contributed by atoms with Crippen molar-refractivity contribution in [3.8, 4) is 0 Å². The molecule has 2 N–H and O–H groups in total. The number of carbonyl (C=O) groups excluding carboxylic acids is 1. The van der Waals surface area contributed by atoms with Crippen molar-refractivity contribution in [1.29, 1.82) is 0 Å². The van der Waals surface area contributed by atoms with E-state index in [0.29, 0.717) is 6.61 Å². The molecule has 0 unspecified atom stereocenters. The summed E-state index contributed by atoms with van der Waals surface area (Å²) >= 11 is 1.55. The summed E-state index contributed by atoms with van der Waals surface area (Å²) in [6.07, 6.45) is 7.09. The van der Waals surface area contributed by atoms with Crippen molar-refractivity contribution in [3.63, 3.8) is 0 Å². The molecular weight excluding hydrogens is 282 g/mol. The van der Waals surface area contributed by atoms with Crippen molar-refractivity contribution in [2.24, 2.45) is 11.7 Å². The average molecular weight is 301 g/mol. The summed E-state index contributed by atoms with van der Waals surface area (Å²) in [4.78, 5) is 13.6. The fraction of sp³-hybridized carbons (Fsp3) is 0.353. The molecule has 0 spiro atoms. The van der Waals surface area contributed by atoms with Gasteiger partial charge in [0.1, 0.15) is 5.25 Å². The second-order valence-corrected chi connectivity index (χ2v) is 6.51. The topological polar surface area (TPSA) is 52.3 Å². The Morgan fingerprint density at radius 1 is 1.43 bits per heavy atom. The van der Waals surface area contributed by atoms with Crippen LogP contribution in [0.25, 0.3) is 0 Å². The molecule has 0 radical (unpaired) electrons. The predicted molar refractivity (Wildman–Crippen MR) is 85.6 cm³/mol. The van der Waals surface area contributed by atoms with Crippen molar-refractivity contribution in [2.45, 2.75) is 24.1 Å². The lowest BCUT2D eigenvalue weighted by molar-refractivity contribution is -0.144. The summed E-state index contributed by atoms with van der Waals surface area (Å²) in [5.74, 6) is -0.0755. The standard InChI is InChI=1S/C17H19NO2S/c1-2-20-16(19)15-17(18,12-8-4-3-5-9-12)13-10-6-7-11-14(13)21-15/h3-9,11,13,15H,2,10,18H2,1H3/t13-,15-,17-/m0/s1. The molecular formula is C17H19NO2S. The van der Waals surface area contributed by atoms with E-state index in [1.807, 2.05) is 43.3 Å². The first-order chi connectivity index (χ1) is 10.2. The third kappa shape index (κ3) is 2.32. The SMILES string of the molecule is CCOC(=O)[C@@H]1SC2=CC=CC[C@@H]2[C@@]1(N)c1ccccc1. The largest absolute Gasteiger partial charge is 0.465 e. The van der Waals surface area contributed by atoms with Gasteiger partial charge in [0, 0.05) is 5.92 Å². The second kappa shape index (κ2) is 5.70. The third-order valence-corrected chi connectivity index (χ3v) is 5.66. The van der Waals surface area contributed by atoms with E-state index in [0.717, 1.165) is 12.0 Å². The van der Waals surface area contributed by atoms with Crippen LogP contribution in [-0.2, 0) is 15.1 Å². The minimum absolute atomic E-state index is 0.143. The Morgan fingerprint density at radius 3 is 2.90 bits per heavy atom. The van der Waals surface area contributed by atoms with Crippen LogP contribution in [0, 0.1) is 5.92 Å². The lowest BCUT2D eigenvalue weighted by Crippen LogP contribution is -2.52. The van der Waals surface area contributed by atoms with Crippen LogP contribution in [-0.4, -0.2) is 17.8 Å². The summed E-state index contributed by atoms with van der Waals surface area (Å²) < 4.78 is 5.26. The molecule has 110 valence electrons. The lowest BCUT2D eigenvalue weighted by atomic mass is 9.73. The Balaban J connectivity index is 2.05. The molecule has 0 saturated carbocycles. The number of hydrogen-bond acceptors (Lipinski definition) is 4. The molecule has 1 fully saturated rings. The maximum Gasteiger partial charge on any atom is 0.321 e. The van der Waals surface area contributed by atoms with Crippen LogP contribution in [0.3, 0.4) is 0 Å². The van der Waals surface area contributed by atoms with E-state index < -0.39 is 10.8 Å². The van der Waals surface area contributed by atoms with Crippen molar-refractivity contribution in [1.82, 2.24) is 0 Å². The highest BCUT2D eigenvalue weighted by atomic mass is 32.2. The summed E-state index contributed by atoms with van der Waals surface area (Å²) in [5, 5.41) is -0.393. The van der Waals surface area contributed by atoms with Gasteiger partial charge in [0.15, 0.2) is 0 Å². The van der Waals surface area contributed by atoms with Crippen LogP contribution >= 0.6 is 11.8 Å². The Labute approximate surface area is 129 Å². The maximum absolute atomic E-state index is 12.4. The molecule has 1 aliphatic heterocycles. The van der Waals surface area contributed by atoms with Crippen molar-refractivity contribution in [2.75, 3.05) is 6.61 Å². The van der Waals surface area contributed by atoms with Gasteiger partial charge < -0.3 is 10.5 Å². The molecule has 1 saturated heterocycles. The summed E-state index contributed by atoms with van der Waals surface area (Å²) in [7, 11) is 0. The fourth-order valence-electron chi connectivity index (χ4n) is 3.12. The van der Waals surface area contributed by atoms with Crippen LogP contribution in [0.4, 0.5) is 0 Å². The zero-order chi connectivity index (χ0) is 14.9. The van der Waals surface area contributed by atoms with Gasteiger partial charge in [0.05, 0.1) is 12.1 Å². The molecule has 3 rings (SSSR count). The monoisotopic (exact) mass is 301 g/mol. The molecule has 1 aromatic rings. The average Bonchev–Trinajstić information content (AvgIpc) is 2.83. The maximum atomic E-state index is 12.4. The number of fused-ring (bicyclic) bond motifs is 1. The Morgan fingerprint density at radius 2 is 2.19 bits per heavy atom. The third-order valence-electron chi connectivity index (χ3n) is 4.15. The molecule has 3 atom stereocenters. The minimum Gasteiger partial charge on any atom is -0.465 e. The molecule has 3 nitrogen and oxygen atoms in total. The molecule has 21 heavy (non-hydrogen) atoms. The second-order valence-electron chi connectivity index (χ2n) is 5.33. The van der Waals surface area contributed by atoms with Crippen molar-refractivity contribution >= 4 is 17.7 Å². The number of hydrogen-bond donors (Lipinski definition) is 1. The first kappa shape index (κ1) is 14.4. The highest BCUT2D eigenvalue weighted by Gasteiger charge is 2.55. The van der Waals surface area contributed by atoms with Gasteiger partial charge in [-0.3, -0.25) is 4.79 Å². The normalized spacial score (nSPS) is 30.7. The summed E-state index contributed by atoms with van der Waals surface area (Å²) in [6.45, 7) is 2.20. The minimum atomic E-state index is -0.714.